The number of benzene rings is 1. The van der Waals surface area contributed by atoms with Crippen LogP contribution in [0.3, 0.4) is 0 Å². The predicted octanol–water partition coefficient (Wildman–Crippen LogP) is 3.53. The van der Waals surface area contributed by atoms with E-state index in [9.17, 15) is 4.79 Å². The van der Waals surface area contributed by atoms with Crippen LogP contribution in [0.25, 0.3) is 0 Å². The molecule has 1 N–H and O–H groups in total. The third-order valence-corrected chi connectivity index (χ3v) is 3.47. The Hall–Kier alpha value is -1.07. The average molecular weight is 297 g/mol. The summed E-state index contributed by atoms with van der Waals surface area (Å²) in [6, 6.07) is 5.60. The number of hydrogen-bond acceptors (Lipinski definition) is 3. The maximum Gasteiger partial charge on any atom is 0.170 e. The van der Waals surface area contributed by atoms with Crippen molar-refractivity contribution in [2.75, 3.05) is 0 Å². The maximum absolute atomic E-state index is 11.4. The van der Waals surface area contributed by atoms with Crippen molar-refractivity contribution in [3.63, 3.8) is 0 Å². The van der Waals surface area contributed by atoms with E-state index >= 15 is 0 Å². The number of ketones is 1. The molecule has 0 radical (unpaired) electrons. The Morgan fingerprint density at radius 1 is 1.50 bits per heavy atom. The van der Waals surface area contributed by atoms with Gasteiger partial charge in [-0.3, -0.25) is 4.79 Å². The Balaban J connectivity index is 2.38. The summed E-state index contributed by atoms with van der Waals surface area (Å²) in [5.41, 5.74) is 0.713. The molecular weight excluding hydrogens is 288 g/mol. The second-order valence-electron chi connectivity index (χ2n) is 3.19. The minimum absolute atomic E-state index is 0.0570. The molecule has 5 heteroatoms. The highest BCUT2D eigenvalue weighted by atomic mass is 79.9. The standard InChI is InChI=1S/C11H9BrN2OS/c1-7(15)9-3-2-8(12)6-10(9)16-11-13-4-5-14-11/h2-6H,1H3,(H,13,14). The molecule has 3 nitrogen and oxygen atoms in total. The van der Waals surface area contributed by atoms with Crippen LogP contribution in [0.1, 0.15) is 17.3 Å². The molecule has 0 amide bonds. The van der Waals surface area contributed by atoms with Crippen LogP contribution in [-0.4, -0.2) is 15.8 Å². The lowest BCUT2D eigenvalue weighted by Crippen LogP contribution is -1.95. The van der Waals surface area contributed by atoms with Gasteiger partial charge in [0.15, 0.2) is 10.9 Å². The predicted molar refractivity (Wildman–Crippen MR) is 66.9 cm³/mol. The molecule has 1 aromatic heterocycles. The minimum Gasteiger partial charge on any atom is -0.339 e. The number of aromatic nitrogens is 2. The first-order chi connectivity index (χ1) is 7.66. The lowest BCUT2D eigenvalue weighted by atomic mass is 10.1. The van der Waals surface area contributed by atoms with Gasteiger partial charge in [0.2, 0.25) is 0 Å². The SMILES string of the molecule is CC(=O)c1ccc(Br)cc1Sc1ncc[nH]1. The van der Waals surface area contributed by atoms with Crippen LogP contribution >= 0.6 is 27.7 Å². The molecule has 2 rings (SSSR count). The number of H-pyrrole nitrogens is 1. The average Bonchev–Trinajstić information content (AvgIpc) is 2.70. The van der Waals surface area contributed by atoms with Gasteiger partial charge in [0.1, 0.15) is 0 Å². The first-order valence-electron chi connectivity index (χ1n) is 4.64. The highest BCUT2D eigenvalue weighted by Gasteiger charge is 2.10. The molecule has 0 saturated heterocycles. The molecule has 2 aromatic rings. The van der Waals surface area contributed by atoms with E-state index < -0.39 is 0 Å². The molecule has 0 spiro atoms. The van der Waals surface area contributed by atoms with Crippen molar-refractivity contribution in [3.8, 4) is 0 Å². The van der Waals surface area contributed by atoms with Crippen molar-refractivity contribution < 1.29 is 4.79 Å². The molecule has 0 bridgehead atoms. The number of aromatic amines is 1. The first-order valence-corrected chi connectivity index (χ1v) is 6.25. The minimum atomic E-state index is 0.0570. The molecule has 0 unspecified atom stereocenters. The number of Topliss-reactive ketones (excluding diaryl/α,β-unsaturated/α-hetero) is 1. The summed E-state index contributed by atoms with van der Waals surface area (Å²) < 4.78 is 0.951. The molecule has 0 atom stereocenters. The summed E-state index contributed by atoms with van der Waals surface area (Å²) in [6.07, 6.45) is 3.45. The van der Waals surface area contributed by atoms with Crippen LogP contribution in [0.5, 0.6) is 0 Å². The molecule has 0 saturated carbocycles. The topological polar surface area (TPSA) is 45.8 Å². The summed E-state index contributed by atoms with van der Waals surface area (Å²) in [4.78, 5) is 19.5. The largest absolute Gasteiger partial charge is 0.339 e. The molecule has 0 aliphatic carbocycles. The summed E-state index contributed by atoms with van der Waals surface area (Å²) in [5.74, 6) is 0.0570. The fraction of sp³-hybridized carbons (Fsp3) is 0.0909. The molecule has 16 heavy (non-hydrogen) atoms. The number of hydrogen-bond donors (Lipinski definition) is 1. The number of imidazole rings is 1. The fourth-order valence-electron chi connectivity index (χ4n) is 1.28. The molecule has 1 aromatic carbocycles. The number of carbonyl (C=O) groups excluding carboxylic acids is 1. The van der Waals surface area contributed by atoms with Gasteiger partial charge in [0, 0.05) is 27.3 Å². The maximum atomic E-state index is 11.4. The zero-order valence-electron chi connectivity index (χ0n) is 8.53. The Bertz CT molecular complexity index is 511. The van der Waals surface area contributed by atoms with Crippen LogP contribution in [-0.2, 0) is 0 Å². The monoisotopic (exact) mass is 296 g/mol. The van der Waals surface area contributed by atoms with Gasteiger partial charge in [-0.05, 0) is 25.1 Å². The molecule has 82 valence electrons. The second-order valence-corrected chi connectivity index (χ2v) is 5.14. The van der Waals surface area contributed by atoms with E-state index in [1.54, 1.807) is 19.3 Å². The highest BCUT2D eigenvalue weighted by Crippen LogP contribution is 2.30. The Morgan fingerprint density at radius 3 is 2.94 bits per heavy atom. The first kappa shape index (κ1) is 11.4. The smallest absolute Gasteiger partial charge is 0.170 e. The number of nitrogens with zero attached hydrogens (tertiary/aromatic N) is 1. The van der Waals surface area contributed by atoms with Crippen molar-refractivity contribution >= 4 is 33.5 Å². The van der Waals surface area contributed by atoms with E-state index in [1.165, 1.54) is 11.8 Å². The van der Waals surface area contributed by atoms with Crippen molar-refractivity contribution in [3.05, 3.63) is 40.6 Å². The van der Waals surface area contributed by atoms with E-state index in [2.05, 4.69) is 25.9 Å². The van der Waals surface area contributed by atoms with Crippen molar-refractivity contribution in [1.82, 2.24) is 9.97 Å². The van der Waals surface area contributed by atoms with Crippen molar-refractivity contribution in [2.45, 2.75) is 17.0 Å². The zero-order chi connectivity index (χ0) is 11.5. The van der Waals surface area contributed by atoms with Gasteiger partial charge in [-0.25, -0.2) is 4.98 Å². The van der Waals surface area contributed by atoms with Gasteiger partial charge in [0.25, 0.3) is 0 Å². The van der Waals surface area contributed by atoms with E-state index in [1.807, 2.05) is 18.2 Å². The van der Waals surface area contributed by atoms with Gasteiger partial charge in [-0.15, -0.1) is 0 Å². The lowest BCUT2D eigenvalue weighted by molar-refractivity contribution is 0.101. The number of halogens is 1. The van der Waals surface area contributed by atoms with E-state index in [0.29, 0.717) is 5.56 Å². The number of nitrogens with one attached hydrogen (secondary N) is 1. The summed E-state index contributed by atoms with van der Waals surface area (Å²) >= 11 is 4.84. The number of carbonyl (C=O) groups is 1. The van der Waals surface area contributed by atoms with E-state index in [-0.39, 0.29) is 5.78 Å². The third-order valence-electron chi connectivity index (χ3n) is 2.00. The lowest BCUT2D eigenvalue weighted by Gasteiger charge is -2.05. The van der Waals surface area contributed by atoms with Crippen LogP contribution in [0.2, 0.25) is 0 Å². The van der Waals surface area contributed by atoms with E-state index in [0.717, 1.165) is 14.5 Å². The Labute approximate surface area is 106 Å². The Morgan fingerprint density at radius 2 is 2.31 bits per heavy atom. The van der Waals surface area contributed by atoms with Crippen LogP contribution in [0, 0.1) is 0 Å². The van der Waals surface area contributed by atoms with E-state index in [4.69, 9.17) is 0 Å². The van der Waals surface area contributed by atoms with Crippen LogP contribution < -0.4 is 0 Å². The van der Waals surface area contributed by atoms with Gasteiger partial charge in [0.05, 0.1) is 0 Å². The third kappa shape index (κ3) is 2.54. The molecule has 0 aliphatic heterocycles. The summed E-state index contributed by atoms with van der Waals surface area (Å²) in [6.45, 7) is 1.56. The highest BCUT2D eigenvalue weighted by molar-refractivity contribution is 9.10. The molecule has 0 fully saturated rings. The molecule has 1 heterocycles. The quantitative estimate of drug-likeness (QED) is 0.882. The summed E-state index contributed by atoms with van der Waals surface area (Å²) in [7, 11) is 0. The molecular formula is C11H9BrN2OS. The van der Waals surface area contributed by atoms with Crippen molar-refractivity contribution in [2.24, 2.45) is 0 Å². The summed E-state index contributed by atoms with van der Waals surface area (Å²) in [5, 5.41) is 0.778. The zero-order valence-corrected chi connectivity index (χ0v) is 10.9. The van der Waals surface area contributed by atoms with Crippen LogP contribution in [0.15, 0.2) is 45.1 Å². The normalized spacial score (nSPS) is 10.4. The van der Waals surface area contributed by atoms with Gasteiger partial charge >= 0.3 is 0 Å². The second kappa shape index (κ2) is 4.84. The van der Waals surface area contributed by atoms with Gasteiger partial charge in [-0.2, -0.15) is 0 Å². The van der Waals surface area contributed by atoms with Gasteiger partial charge < -0.3 is 4.98 Å². The van der Waals surface area contributed by atoms with Gasteiger partial charge in [-0.1, -0.05) is 27.7 Å². The van der Waals surface area contributed by atoms with Crippen molar-refractivity contribution in [1.29, 1.82) is 0 Å². The number of rotatable bonds is 3. The Kier molecular flexibility index (Phi) is 3.46. The van der Waals surface area contributed by atoms with Crippen LogP contribution in [0.4, 0.5) is 0 Å². The fourth-order valence-corrected chi connectivity index (χ4v) is 2.75. The molecule has 0 aliphatic rings.